The molecule has 130 valence electrons. The average Bonchev–Trinajstić information content (AvgIpc) is 3.03. The number of alkyl halides is 1. The zero-order chi connectivity index (χ0) is 17.0. The highest BCUT2D eigenvalue weighted by Crippen LogP contribution is 2.52. The summed E-state index contributed by atoms with van der Waals surface area (Å²) in [5.41, 5.74) is 0.986. The first-order valence-corrected chi connectivity index (χ1v) is 9.52. The van der Waals surface area contributed by atoms with Gasteiger partial charge in [0.15, 0.2) is 5.82 Å². The second-order valence-corrected chi connectivity index (χ2v) is 7.87. The van der Waals surface area contributed by atoms with E-state index in [2.05, 4.69) is 44.9 Å². The first kappa shape index (κ1) is 15.3. The Kier molecular flexibility index (Phi) is 3.35. The molecule has 5 nitrogen and oxygen atoms in total. The van der Waals surface area contributed by atoms with Gasteiger partial charge in [0.05, 0.1) is 16.6 Å². The third-order valence-corrected chi connectivity index (χ3v) is 6.33. The number of rotatable bonds is 3. The molecule has 0 aromatic carbocycles. The predicted molar refractivity (Wildman–Crippen MR) is 101 cm³/mol. The average molecular weight is 356 g/mol. The lowest BCUT2D eigenvalue weighted by Gasteiger charge is -2.29. The molecule has 2 aromatic heterocycles. The molecule has 2 aromatic rings. The number of aromatic nitrogens is 3. The van der Waals surface area contributed by atoms with E-state index in [1.807, 2.05) is 18.5 Å². The molecule has 4 heterocycles. The van der Waals surface area contributed by atoms with Gasteiger partial charge in [-0.3, -0.25) is 0 Å². The Morgan fingerprint density at radius 1 is 1.32 bits per heavy atom. The van der Waals surface area contributed by atoms with Crippen molar-refractivity contribution in [3.05, 3.63) is 42.5 Å². The molecule has 1 spiro atoms. The molecule has 0 amide bonds. The lowest BCUT2D eigenvalue weighted by molar-refractivity contribution is 0.479. The SMILES string of the molecule is CC1CCCN1c1cccc(NC2=CC(Cl)C3(CC3)n3ccnc32)n1. The number of allylic oxidation sites excluding steroid dienone is 1. The normalized spacial score (nSPS) is 26.5. The van der Waals surface area contributed by atoms with E-state index in [0.717, 1.165) is 42.5 Å². The first-order valence-electron chi connectivity index (χ1n) is 9.08. The van der Waals surface area contributed by atoms with Crippen LogP contribution in [-0.4, -0.2) is 32.5 Å². The van der Waals surface area contributed by atoms with Crippen LogP contribution in [0.3, 0.4) is 0 Å². The summed E-state index contributed by atoms with van der Waals surface area (Å²) in [5.74, 6) is 2.83. The van der Waals surface area contributed by atoms with Gasteiger partial charge >= 0.3 is 0 Å². The van der Waals surface area contributed by atoms with Crippen molar-refractivity contribution < 1.29 is 0 Å². The lowest BCUT2D eigenvalue weighted by atomic mass is 10.1. The fourth-order valence-corrected chi connectivity index (χ4v) is 4.63. The number of fused-ring (bicyclic) bond motifs is 2. The maximum atomic E-state index is 6.68. The molecule has 1 aliphatic carbocycles. The number of pyridine rings is 1. The lowest BCUT2D eigenvalue weighted by Crippen LogP contribution is -2.33. The molecule has 2 atom stereocenters. The number of halogens is 1. The zero-order valence-corrected chi connectivity index (χ0v) is 15.1. The van der Waals surface area contributed by atoms with E-state index < -0.39 is 0 Å². The standard InChI is InChI=1S/C19H22ClN5/c1-13-4-3-10-24(13)17-6-2-5-16(23-17)22-14-12-15(20)19(7-8-19)25-11-9-21-18(14)25/h2,5-6,9,11-13,15H,3-4,7-8,10H2,1H3,(H,22,23). The minimum atomic E-state index is -0.0153. The quantitative estimate of drug-likeness (QED) is 0.850. The zero-order valence-electron chi connectivity index (χ0n) is 14.3. The molecule has 1 saturated carbocycles. The fraction of sp³-hybridized carbons (Fsp3) is 0.474. The van der Waals surface area contributed by atoms with Crippen molar-refractivity contribution in [2.75, 3.05) is 16.8 Å². The van der Waals surface area contributed by atoms with Gasteiger partial charge in [0, 0.05) is 25.0 Å². The summed E-state index contributed by atoms with van der Waals surface area (Å²) in [6, 6.07) is 6.71. The number of anilines is 2. The van der Waals surface area contributed by atoms with Crippen molar-refractivity contribution >= 4 is 28.9 Å². The van der Waals surface area contributed by atoms with Crippen molar-refractivity contribution in [3.8, 4) is 0 Å². The molecular formula is C19H22ClN5. The molecule has 25 heavy (non-hydrogen) atoms. The van der Waals surface area contributed by atoms with Crippen LogP contribution in [0.4, 0.5) is 11.6 Å². The van der Waals surface area contributed by atoms with Gasteiger partial charge in [-0.1, -0.05) is 6.07 Å². The van der Waals surface area contributed by atoms with Crippen LogP contribution >= 0.6 is 11.6 Å². The maximum absolute atomic E-state index is 6.68. The summed E-state index contributed by atoms with van der Waals surface area (Å²) in [7, 11) is 0. The topological polar surface area (TPSA) is 46.0 Å². The van der Waals surface area contributed by atoms with Gasteiger partial charge < -0.3 is 14.8 Å². The third kappa shape index (κ3) is 2.36. The molecule has 2 fully saturated rings. The van der Waals surface area contributed by atoms with Gasteiger partial charge in [-0.25, -0.2) is 9.97 Å². The Morgan fingerprint density at radius 2 is 2.20 bits per heavy atom. The Labute approximate surface area is 152 Å². The van der Waals surface area contributed by atoms with Crippen molar-refractivity contribution in [2.45, 2.75) is 49.6 Å². The van der Waals surface area contributed by atoms with Gasteiger partial charge in [-0.2, -0.15) is 0 Å². The highest BCUT2D eigenvalue weighted by molar-refractivity contribution is 6.23. The molecule has 1 N–H and O–H groups in total. The highest BCUT2D eigenvalue weighted by Gasteiger charge is 2.53. The monoisotopic (exact) mass is 355 g/mol. The van der Waals surface area contributed by atoms with E-state index in [9.17, 15) is 0 Å². The van der Waals surface area contributed by atoms with E-state index in [0.29, 0.717) is 6.04 Å². The van der Waals surface area contributed by atoms with Crippen LogP contribution in [-0.2, 0) is 5.54 Å². The number of nitrogens with one attached hydrogen (secondary N) is 1. The number of imidazole rings is 1. The summed E-state index contributed by atoms with van der Waals surface area (Å²) in [4.78, 5) is 11.8. The van der Waals surface area contributed by atoms with Crippen LogP contribution in [0.1, 0.15) is 38.4 Å². The van der Waals surface area contributed by atoms with E-state index in [1.54, 1.807) is 0 Å². The summed E-state index contributed by atoms with van der Waals surface area (Å²) in [5, 5.41) is 3.44. The largest absolute Gasteiger partial charge is 0.354 e. The number of nitrogens with zero attached hydrogens (tertiary/aromatic N) is 4. The first-order chi connectivity index (χ1) is 12.2. The second-order valence-electron chi connectivity index (χ2n) is 7.40. The summed E-state index contributed by atoms with van der Waals surface area (Å²) in [6.07, 6.45) is 10.7. The van der Waals surface area contributed by atoms with Crippen molar-refractivity contribution in [1.29, 1.82) is 0 Å². The third-order valence-electron chi connectivity index (χ3n) is 5.79. The molecule has 0 bridgehead atoms. The second kappa shape index (κ2) is 5.49. The van der Waals surface area contributed by atoms with Crippen LogP contribution < -0.4 is 10.2 Å². The summed E-state index contributed by atoms with van der Waals surface area (Å²) >= 11 is 6.68. The molecular weight excluding hydrogens is 334 g/mol. The van der Waals surface area contributed by atoms with Crippen molar-refractivity contribution in [3.63, 3.8) is 0 Å². The van der Waals surface area contributed by atoms with E-state index in [-0.39, 0.29) is 10.9 Å². The molecule has 5 rings (SSSR count). The van der Waals surface area contributed by atoms with E-state index in [4.69, 9.17) is 16.6 Å². The van der Waals surface area contributed by atoms with Gasteiger partial charge in [0.1, 0.15) is 11.6 Å². The highest BCUT2D eigenvalue weighted by atomic mass is 35.5. The van der Waals surface area contributed by atoms with Crippen LogP contribution in [0.2, 0.25) is 0 Å². The van der Waals surface area contributed by atoms with E-state index in [1.165, 1.54) is 12.8 Å². The molecule has 0 radical (unpaired) electrons. The van der Waals surface area contributed by atoms with Crippen LogP contribution in [0, 0.1) is 0 Å². The summed E-state index contributed by atoms with van der Waals surface area (Å²) < 4.78 is 2.24. The molecule has 3 aliphatic rings. The van der Waals surface area contributed by atoms with Gasteiger partial charge in [-0.05, 0) is 50.8 Å². The van der Waals surface area contributed by atoms with Crippen molar-refractivity contribution in [1.82, 2.24) is 14.5 Å². The minimum Gasteiger partial charge on any atom is -0.354 e. The Hall–Kier alpha value is -2.01. The number of hydrogen-bond acceptors (Lipinski definition) is 4. The smallest absolute Gasteiger partial charge is 0.156 e. The molecule has 6 heteroatoms. The number of hydrogen-bond donors (Lipinski definition) is 1. The van der Waals surface area contributed by atoms with E-state index >= 15 is 0 Å². The van der Waals surface area contributed by atoms with Gasteiger partial charge in [0.25, 0.3) is 0 Å². The van der Waals surface area contributed by atoms with Crippen LogP contribution in [0.25, 0.3) is 5.70 Å². The fourth-order valence-electron chi connectivity index (χ4n) is 4.18. The van der Waals surface area contributed by atoms with Crippen LogP contribution in [0.15, 0.2) is 36.7 Å². The molecule has 1 saturated heterocycles. The van der Waals surface area contributed by atoms with Gasteiger partial charge in [0.2, 0.25) is 0 Å². The Balaban J connectivity index is 1.45. The summed E-state index contributed by atoms with van der Waals surface area (Å²) in [6.45, 7) is 3.35. The van der Waals surface area contributed by atoms with Crippen molar-refractivity contribution in [2.24, 2.45) is 0 Å². The molecule has 2 aliphatic heterocycles. The maximum Gasteiger partial charge on any atom is 0.156 e. The van der Waals surface area contributed by atoms with Crippen LogP contribution in [0.5, 0.6) is 0 Å². The minimum absolute atomic E-state index is 0.0153. The Morgan fingerprint density at radius 3 is 2.96 bits per heavy atom. The Bertz CT molecular complexity index is 838. The molecule has 2 unspecified atom stereocenters. The predicted octanol–water partition coefficient (Wildman–Crippen LogP) is 3.83. The van der Waals surface area contributed by atoms with Gasteiger partial charge in [-0.15, -0.1) is 11.6 Å².